The van der Waals surface area contributed by atoms with Gasteiger partial charge < -0.3 is 4.74 Å². The molecule has 0 aliphatic rings. The minimum absolute atomic E-state index is 0.168. The van der Waals surface area contributed by atoms with E-state index in [1.54, 1.807) is 7.11 Å². The topological polar surface area (TPSA) is 68.3 Å². The molecular formula is C19H19FN2O3S2. The number of halogens is 1. The van der Waals surface area contributed by atoms with Crippen LogP contribution < -0.4 is 9.46 Å². The summed E-state index contributed by atoms with van der Waals surface area (Å²) in [5.74, 6) is 0.00978. The minimum Gasteiger partial charge on any atom is -0.497 e. The first kappa shape index (κ1) is 19.5. The Kier molecular flexibility index (Phi) is 5.88. The van der Waals surface area contributed by atoms with E-state index >= 15 is 0 Å². The highest BCUT2D eigenvalue weighted by Gasteiger charge is 2.18. The van der Waals surface area contributed by atoms with Crippen molar-refractivity contribution >= 4 is 21.4 Å². The van der Waals surface area contributed by atoms with Gasteiger partial charge in [-0.25, -0.2) is 22.5 Å². The van der Waals surface area contributed by atoms with Gasteiger partial charge in [0.15, 0.2) is 0 Å². The summed E-state index contributed by atoms with van der Waals surface area (Å²) in [6.07, 6.45) is 0.480. The van der Waals surface area contributed by atoms with Crippen molar-refractivity contribution in [1.29, 1.82) is 0 Å². The second-order valence-electron chi connectivity index (χ2n) is 5.83. The fourth-order valence-corrected chi connectivity index (χ4v) is 4.73. The first-order valence-electron chi connectivity index (χ1n) is 8.25. The van der Waals surface area contributed by atoms with Gasteiger partial charge in [-0.05, 0) is 49.7 Å². The molecule has 1 aromatic heterocycles. The smallest absolute Gasteiger partial charge is 0.243 e. The molecular weight excluding hydrogens is 387 g/mol. The van der Waals surface area contributed by atoms with E-state index in [4.69, 9.17) is 4.74 Å². The Morgan fingerprint density at radius 1 is 1.15 bits per heavy atom. The summed E-state index contributed by atoms with van der Waals surface area (Å²) in [5.41, 5.74) is 1.83. The molecule has 0 unspecified atom stereocenters. The number of rotatable bonds is 7. The van der Waals surface area contributed by atoms with Crippen molar-refractivity contribution in [2.75, 3.05) is 13.7 Å². The maximum atomic E-state index is 13.7. The van der Waals surface area contributed by atoms with Crippen LogP contribution in [-0.4, -0.2) is 27.1 Å². The molecule has 2 aromatic carbocycles. The van der Waals surface area contributed by atoms with E-state index in [0.717, 1.165) is 33.0 Å². The van der Waals surface area contributed by atoms with Crippen LogP contribution in [0.25, 0.3) is 10.6 Å². The van der Waals surface area contributed by atoms with E-state index in [2.05, 4.69) is 9.71 Å². The van der Waals surface area contributed by atoms with Crippen molar-refractivity contribution in [1.82, 2.24) is 9.71 Å². The number of aromatic nitrogens is 1. The average Bonchev–Trinajstić information content (AvgIpc) is 3.02. The number of hydrogen-bond acceptors (Lipinski definition) is 5. The molecule has 0 radical (unpaired) electrons. The molecule has 142 valence electrons. The predicted octanol–water partition coefficient (Wildman–Crippen LogP) is 3.79. The Balaban J connectivity index is 1.68. The molecule has 0 spiro atoms. The number of methoxy groups -OCH3 is 1. The van der Waals surface area contributed by atoms with E-state index in [9.17, 15) is 12.8 Å². The number of thiazole rings is 1. The highest BCUT2D eigenvalue weighted by Crippen LogP contribution is 2.29. The molecule has 0 amide bonds. The van der Waals surface area contributed by atoms with E-state index in [1.165, 1.54) is 29.5 Å². The van der Waals surface area contributed by atoms with E-state index in [0.29, 0.717) is 6.42 Å². The van der Waals surface area contributed by atoms with Gasteiger partial charge in [0.25, 0.3) is 0 Å². The zero-order valence-electron chi connectivity index (χ0n) is 14.9. The Labute approximate surface area is 161 Å². The first-order valence-corrected chi connectivity index (χ1v) is 10.6. The van der Waals surface area contributed by atoms with Gasteiger partial charge in [-0.3, -0.25) is 0 Å². The minimum atomic E-state index is -3.88. The summed E-state index contributed by atoms with van der Waals surface area (Å²) in [6.45, 7) is 2.06. The molecule has 0 fully saturated rings. The van der Waals surface area contributed by atoms with Crippen LogP contribution >= 0.6 is 11.3 Å². The maximum absolute atomic E-state index is 13.7. The number of ether oxygens (including phenoxy) is 1. The normalized spacial score (nSPS) is 11.5. The first-order chi connectivity index (χ1) is 12.9. The third-order valence-electron chi connectivity index (χ3n) is 4.00. The SMILES string of the molecule is COc1ccc(-c2nc(C)c(CCNS(=O)(=O)c3ccccc3F)s2)cc1. The van der Waals surface area contributed by atoms with Crippen molar-refractivity contribution in [3.8, 4) is 16.3 Å². The van der Waals surface area contributed by atoms with Crippen LogP contribution in [0.5, 0.6) is 5.75 Å². The molecule has 0 bridgehead atoms. The Morgan fingerprint density at radius 3 is 2.52 bits per heavy atom. The van der Waals surface area contributed by atoms with Gasteiger partial charge in [-0.15, -0.1) is 11.3 Å². The van der Waals surface area contributed by atoms with Gasteiger partial charge >= 0.3 is 0 Å². The molecule has 5 nitrogen and oxygen atoms in total. The summed E-state index contributed by atoms with van der Waals surface area (Å²) < 4.78 is 45.8. The average molecular weight is 407 g/mol. The molecule has 0 saturated heterocycles. The summed E-state index contributed by atoms with van der Waals surface area (Å²) in [5, 5.41) is 0.863. The lowest BCUT2D eigenvalue weighted by molar-refractivity contribution is 0.415. The number of hydrogen-bond donors (Lipinski definition) is 1. The quantitative estimate of drug-likeness (QED) is 0.648. The second-order valence-corrected chi connectivity index (χ2v) is 8.65. The third kappa shape index (κ3) is 4.52. The van der Waals surface area contributed by atoms with Gasteiger partial charge in [-0.2, -0.15) is 0 Å². The summed E-state index contributed by atoms with van der Waals surface area (Å²) in [6, 6.07) is 12.9. The van der Waals surface area contributed by atoms with Crippen molar-refractivity contribution in [3.63, 3.8) is 0 Å². The van der Waals surface area contributed by atoms with E-state index in [-0.39, 0.29) is 11.4 Å². The van der Waals surface area contributed by atoms with Gasteiger partial charge in [0.2, 0.25) is 10.0 Å². The molecule has 0 atom stereocenters. The maximum Gasteiger partial charge on any atom is 0.243 e. The van der Waals surface area contributed by atoms with Gasteiger partial charge in [0, 0.05) is 17.0 Å². The van der Waals surface area contributed by atoms with Crippen LogP contribution in [0.3, 0.4) is 0 Å². The summed E-state index contributed by atoms with van der Waals surface area (Å²) in [4.78, 5) is 5.20. The van der Waals surface area contributed by atoms with Crippen molar-refractivity contribution in [3.05, 3.63) is 64.9 Å². The summed E-state index contributed by atoms with van der Waals surface area (Å²) >= 11 is 1.51. The van der Waals surface area contributed by atoms with E-state index in [1.807, 2.05) is 31.2 Å². The van der Waals surface area contributed by atoms with Gasteiger partial charge in [0.1, 0.15) is 21.5 Å². The van der Waals surface area contributed by atoms with Gasteiger partial charge in [0.05, 0.1) is 12.8 Å². The van der Waals surface area contributed by atoms with Crippen LogP contribution in [0.4, 0.5) is 4.39 Å². The van der Waals surface area contributed by atoms with Crippen LogP contribution in [0.15, 0.2) is 53.4 Å². The van der Waals surface area contributed by atoms with Crippen molar-refractivity contribution in [2.24, 2.45) is 0 Å². The lowest BCUT2D eigenvalue weighted by Crippen LogP contribution is -2.26. The molecule has 27 heavy (non-hydrogen) atoms. The molecule has 1 heterocycles. The van der Waals surface area contributed by atoms with Crippen LogP contribution in [0.1, 0.15) is 10.6 Å². The molecule has 0 saturated carbocycles. The number of sulfonamides is 1. The van der Waals surface area contributed by atoms with Gasteiger partial charge in [-0.1, -0.05) is 12.1 Å². The number of nitrogens with one attached hydrogen (secondary N) is 1. The molecule has 8 heteroatoms. The van der Waals surface area contributed by atoms with E-state index < -0.39 is 15.8 Å². The highest BCUT2D eigenvalue weighted by molar-refractivity contribution is 7.89. The summed E-state index contributed by atoms with van der Waals surface area (Å²) in [7, 11) is -2.27. The zero-order valence-corrected chi connectivity index (χ0v) is 16.5. The zero-order chi connectivity index (χ0) is 19.4. The highest BCUT2D eigenvalue weighted by atomic mass is 32.2. The Bertz CT molecular complexity index is 1030. The van der Waals surface area contributed by atoms with Crippen molar-refractivity contribution < 1.29 is 17.5 Å². The fourth-order valence-electron chi connectivity index (χ4n) is 2.56. The number of benzene rings is 2. The molecule has 3 aromatic rings. The molecule has 3 rings (SSSR count). The lowest BCUT2D eigenvalue weighted by Gasteiger charge is -2.07. The Hall–Kier alpha value is -2.29. The third-order valence-corrected chi connectivity index (χ3v) is 6.76. The van der Waals surface area contributed by atoms with Crippen LogP contribution in [0.2, 0.25) is 0 Å². The molecule has 0 aliphatic heterocycles. The van der Waals surface area contributed by atoms with Crippen LogP contribution in [-0.2, 0) is 16.4 Å². The van der Waals surface area contributed by atoms with Crippen LogP contribution in [0, 0.1) is 12.7 Å². The molecule has 1 N–H and O–H groups in total. The Morgan fingerprint density at radius 2 is 1.85 bits per heavy atom. The number of nitrogens with zero attached hydrogens (tertiary/aromatic N) is 1. The lowest BCUT2D eigenvalue weighted by atomic mass is 10.2. The standard InChI is InChI=1S/C19H19FN2O3S2/c1-13-17(26-19(22-13)14-7-9-15(25-2)10-8-14)11-12-21-27(23,24)18-6-4-3-5-16(18)20/h3-10,21H,11-12H2,1-2H3. The van der Waals surface area contributed by atoms with Crippen molar-refractivity contribution in [2.45, 2.75) is 18.2 Å². The predicted molar refractivity (Wildman–Crippen MR) is 104 cm³/mol. The largest absolute Gasteiger partial charge is 0.497 e. The second kappa shape index (κ2) is 8.16. The monoisotopic (exact) mass is 406 g/mol. The molecule has 0 aliphatic carbocycles. The fraction of sp³-hybridized carbons (Fsp3) is 0.211. The number of aryl methyl sites for hydroxylation is 1.